The fourth-order valence-corrected chi connectivity index (χ4v) is 2.98. The Balaban J connectivity index is 1.55. The van der Waals surface area contributed by atoms with Gasteiger partial charge in [-0.1, -0.05) is 30.3 Å². The second kappa shape index (κ2) is 7.51. The standard InChI is InChI=1S/C19H21FN4O2/c1-21-18(22-12-14-6-8-15(9-7-14)24(25)26)23-13-19(10-11-19)16-4-2-3-5-17(16)20/h2-9H,10-13H2,1H3,(H2,21,22,23). The zero-order valence-electron chi connectivity index (χ0n) is 14.5. The molecule has 136 valence electrons. The summed E-state index contributed by atoms with van der Waals surface area (Å²) in [5, 5.41) is 17.1. The molecule has 0 radical (unpaired) electrons. The predicted molar refractivity (Wildman–Crippen MR) is 98.6 cm³/mol. The van der Waals surface area contributed by atoms with Crippen LogP contribution < -0.4 is 10.6 Å². The molecule has 26 heavy (non-hydrogen) atoms. The van der Waals surface area contributed by atoms with Gasteiger partial charge in [0.25, 0.3) is 5.69 Å². The summed E-state index contributed by atoms with van der Waals surface area (Å²) in [6.45, 7) is 1.10. The molecule has 1 saturated carbocycles. The number of nitrogens with zero attached hydrogens (tertiary/aromatic N) is 2. The number of nitrogens with one attached hydrogen (secondary N) is 2. The molecule has 0 spiro atoms. The average Bonchev–Trinajstić information content (AvgIpc) is 3.43. The van der Waals surface area contributed by atoms with Gasteiger partial charge in [0, 0.05) is 37.7 Å². The van der Waals surface area contributed by atoms with Crippen molar-refractivity contribution in [1.82, 2.24) is 10.6 Å². The number of nitro groups is 1. The molecule has 0 aromatic heterocycles. The van der Waals surface area contributed by atoms with E-state index in [0.29, 0.717) is 19.0 Å². The Bertz CT molecular complexity index is 817. The first-order valence-electron chi connectivity index (χ1n) is 8.47. The molecule has 1 fully saturated rings. The van der Waals surface area contributed by atoms with E-state index in [2.05, 4.69) is 15.6 Å². The van der Waals surface area contributed by atoms with Crippen LogP contribution in [0.25, 0.3) is 0 Å². The van der Waals surface area contributed by atoms with E-state index in [1.54, 1.807) is 25.2 Å². The van der Waals surface area contributed by atoms with Gasteiger partial charge in [0.1, 0.15) is 5.82 Å². The van der Waals surface area contributed by atoms with Gasteiger partial charge in [-0.2, -0.15) is 0 Å². The largest absolute Gasteiger partial charge is 0.356 e. The maximum absolute atomic E-state index is 14.1. The minimum Gasteiger partial charge on any atom is -0.356 e. The lowest BCUT2D eigenvalue weighted by atomic mass is 9.95. The summed E-state index contributed by atoms with van der Waals surface area (Å²) in [4.78, 5) is 14.5. The van der Waals surface area contributed by atoms with E-state index in [-0.39, 0.29) is 16.9 Å². The SMILES string of the molecule is CN=C(NCc1ccc([N+](=O)[O-])cc1)NCC1(c2ccccc2F)CC1. The second-order valence-corrected chi connectivity index (χ2v) is 6.46. The van der Waals surface area contributed by atoms with Crippen molar-refractivity contribution < 1.29 is 9.31 Å². The summed E-state index contributed by atoms with van der Waals surface area (Å²) in [5.41, 5.74) is 1.56. The van der Waals surface area contributed by atoms with Crippen LogP contribution in [0.4, 0.5) is 10.1 Å². The Morgan fingerprint density at radius 1 is 1.19 bits per heavy atom. The number of hydrogen-bond acceptors (Lipinski definition) is 3. The van der Waals surface area contributed by atoms with Crippen molar-refractivity contribution in [2.24, 2.45) is 4.99 Å². The molecule has 0 amide bonds. The van der Waals surface area contributed by atoms with Crippen LogP contribution in [0.3, 0.4) is 0 Å². The summed E-state index contributed by atoms with van der Waals surface area (Å²) in [7, 11) is 1.67. The highest BCUT2D eigenvalue weighted by Crippen LogP contribution is 2.48. The molecule has 0 heterocycles. The Hall–Kier alpha value is -2.96. The average molecular weight is 356 g/mol. The third kappa shape index (κ3) is 3.99. The molecule has 7 heteroatoms. The highest BCUT2D eigenvalue weighted by Gasteiger charge is 2.45. The number of rotatable bonds is 6. The molecule has 3 rings (SSSR count). The Labute approximate surface area is 151 Å². The number of nitro benzene ring substituents is 1. The van der Waals surface area contributed by atoms with E-state index in [0.717, 1.165) is 24.0 Å². The molecule has 1 aliphatic carbocycles. The maximum atomic E-state index is 14.1. The van der Waals surface area contributed by atoms with Gasteiger partial charge >= 0.3 is 0 Å². The van der Waals surface area contributed by atoms with E-state index in [9.17, 15) is 14.5 Å². The summed E-state index contributed by atoms with van der Waals surface area (Å²) in [6, 6.07) is 13.3. The maximum Gasteiger partial charge on any atom is 0.269 e. The van der Waals surface area contributed by atoms with Crippen molar-refractivity contribution in [3.8, 4) is 0 Å². The molecular formula is C19H21FN4O2. The first-order valence-corrected chi connectivity index (χ1v) is 8.47. The zero-order valence-corrected chi connectivity index (χ0v) is 14.5. The minimum absolute atomic E-state index is 0.0665. The summed E-state index contributed by atoms with van der Waals surface area (Å²) in [6.07, 6.45) is 1.89. The molecule has 2 aromatic rings. The molecule has 2 N–H and O–H groups in total. The fraction of sp³-hybridized carbons (Fsp3) is 0.316. The third-order valence-electron chi connectivity index (χ3n) is 4.72. The van der Waals surface area contributed by atoms with Gasteiger partial charge in [-0.05, 0) is 30.0 Å². The number of non-ortho nitro benzene ring substituents is 1. The Morgan fingerprint density at radius 3 is 2.46 bits per heavy atom. The van der Waals surface area contributed by atoms with Crippen LogP contribution in [0.2, 0.25) is 0 Å². The van der Waals surface area contributed by atoms with E-state index >= 15 is 0 Å². The molecule has 1 aliphatic rings. The highest BCUT2D eigenvalue weighted by molar-refractivity contribution is 5.79. The van der Waals surface area contributed by atoms with Gasteiger partial charge in [0.15, 0.2) is 5.96 Å². The van der Waals surface area contributed by atoms with Gasteiger partial charge in [-0.25, -0.2) is 4.39 Å². The number of hydrogen-bond donors (Lipinski definition) is 2. The molecule has 0 unspecified atom stereocenters. The van der Waals surface area contributed by atoms with Crippen LogP contribution in [-0.4, -0.2) is 24.5 Å². The van der Waals surface area contributed by atoms with Crippen LogP contribution in [0.5, 0.6) is 0 Å². The van der Waals surface area contributed by atoms with Crippen LogP contribution in [0.15, 0.2) is 53.5 Å². The topological polar surface area (TPSA) is 79.6 Å². The molecule has 0 saturated heterocycles. The monoisotopic (exact) mass is 356 g/mol. The quantitative estimate of drug-likeness (QED) is 0.361. The summed E-state index contributed by atoms with van der Waals surface area (Å²) >= 11 is 0. The zero-order chi connectivity index (χ0) is 18.6. The van der Waals surface area contributed by atoms with Gasteiger partial charge in [0.05, 0.1) is 4.92 Å². The highest BCUT2D eigenvalue weighted by atomic mass is 19.1. The molecule has 0 bridgehead atoms. The van der Waals surface area contributed by atoms with Crippen molar-refractivity contribution in [1.29, 1.82) is 0 Å². The lowest BCUT2D eigenvalue weighted by molar-refractivity contribution is -0.384. The lowest BCUT2D eigenvalue weighted by Gasteiger charge is -2.19. The second-order valence-electron chi connectivity index (χ2n) is 6.46. The van der Waals surface area contributed by atoms with Crippen LogP contribution in [-0.2, 0) is 12.0 Å². The van der Waals surface area contributed by atoms with E-state index in [4.69, 9.17) is 0 Å². The summed E-state index contributed by atoms with van der Waals surface area (Å²) in [5.74, 6) is 0.451. The van der Waals surface area contributed by atoms with Gasteiger partial charge < -0.3 is 10.6 Å². The number of aliphatic imine (C=N–C) groups is 1. The van der Waals surface area contributed by atoms with Crippen LogP contribution in [0.1, 0.15) is 24.0 Å². The molecular weight excluding hydrogens is 335 g/mol. The van der Waals surface area contributed by atoms with Crippen molar-refractivity contribution in [2.45, 2.75) is 24.8 Å². The first-order chi connectivity index (χ1) is 12.5. The number of guanidine groups is 1. The van der Waals surface area contributed by atoms with Crippen molar-refractivity contribution in [2.75, 3.05) is 13.6 Å². The molecule has 0 aliphatic heterocycles. The van der Waals surface area contributed by atoms with Crippen LogP contribution >= 0.6 is 0 Å². The smallest absolute Gasteiger partial charge is 0.269 e. The van der Waals surface area contributed by atoms with E-state index in [1.165, 1.54) is 18.2 Å². The van der Waals surface area contributed by atoms with Crippen molar-refractivity contribution in [3.63, 3.8) is 0 Å². The third-order valence-corrected chi connectivity index (χ3v) is 4.72. The van der Waals surface area contributed by atoms with E-state index < -0.39 is 4.92 Å². The lowest BCUT2D eigenvalue weighted by Crippen LogP contribution is -2.41. The Kier molecular flexibility index (Phi) is 5.16. The number of benzene rings is 2. The minimum atomic E-state index is -0.421. The Morgan fingerprint density at radius 2 is 1.88 bits per heavy atom. The number of halogens is 1. The van der Waals surface area contributed by atoms with Gasteiger partial charge in [-0.15, -0.1) is 0 Å². The first kappa shape index (κ1) is 17.8. The normalized spacial score (nSPS) is 15.4. The van der Waals surface area contributed by atoms with E-state index in [1.807, 2.05) is 12.1 Å². The molecule has 2 aromatic carbocycles. The summed E-state index contributed by atoms with van der Waals surface area (Å²) < 4.78 is 14.1. The molecule has 6 nitrogen and oxygen atoms in total. The van der Waals surface area contributed by atoms with Crippen molar-refractivity contribution >= 4 is 11.6 Å². The van der Waals surface area contributed by atoms with Gasteiger partial charge in [-0.3, -0.25) is 15.1 Å². The predicted octanol–water partition coefficient (Wildman–Crippen LogP) is 3.13. The molecule has 0 atom stereocenters. The fourth-order valence-electron chi connectivity index (χ4n) is 2.98. The van der Waals surface area contributed by atoms with Crippen LogP contribution in [0, 0.1) is 15.9 Å². The van der Waals surface area contributed by atoms with Gasteiger partial charge in [0.2, 0.25) is 0 Å². The van der Waals surface area contributed by atoms with Crippen molar-refractivity contribution in [3.05, 3.63) is 75.6 Å².